The molecule has 0 unspecified atom stereocenters. The second-order valence-corrected chi connectivity index (χ2v) is 9.09. The zero-order valence-electron chi connectivity index (χ0n) is 18.2. The Morgan fingerprint density at radius 1 is 0.844 bits per heavy atom. The minimum atomic E-state index is 0.289. The quantitative estimate of drug-likeness (QED) is 0.474. The van der Waals surface area contributed by atoms with Crippen LogP contribution in [0.5, 0.6) is 5.75 Å². The molecule has 1 saturated carbocycles. The molecular formula is C28H27N3O. The molecule has 0 saturated heterocycles. The van der Waals surface area contributed by atoms with Gasteiger partial charge in [0.1, 0.15) is 11.6 Å². The van der Waals surface area contributed by atoms with Gasteiger partial charge in [-0.05, 0) is 59.9 Å². The van der Waals surface area contributed by atoms with Gasteiger partial charge >= 0.3 is 0 Å². The third-order valence-corrected chi connectivity index (χ3v) is 6.81. The highest BCUT2D eigenvalue weighted by Gasteiger charge is 2.29. The molecule has 160 valence electrons. The Hall–Kier alpha value is -3.24. The topological polar surface area (TPSA) is 49.3 Å². The van der Waals surface area contributed by atoms with Crippen LogP contribution >= 0.6 is 0 Å². The minimum absolute atomic E-state index is 0.289. The number of aromatic hydroxyl groups is 1. The molecule has 4 nitrogen and oxygen atoms in total. The van der Waals surface area contributed by atoms with Crippen molar-refractivity contribution in [3.8, 4) is 17.0 Å². The first-order chi connectivity index (χ1) is 15.7. The maximum absolute atomic E-state index is 9.75. The van der Waals surface area contributed by atoms with Crippen LogP contribution in [0.25, 0.3) is 22.0 Å². The van der Waals surface area contributed by atoms with E-state index in [4.69, 9.17) is 9.97 Å². The van der Waals surface area contributed by atoms with Crippen molar-refractivity contribution in [3.63, 3.8) is 0 Å². The lowest BCUT2D eigenvalue weighted by Crippen LogP contribution is -2.26. The Bertz CT molecular complexity index is 1270. The van der Waals surface area contributed by atoms with Crippen molar-refractivity contribution in [3.05, 3.63) is 89.4 Å². The Kier molecular flexibility index (Phi) is 4.88. The predicted octanol–water partition coefficient (Wildman–Crippen LogP) is 5.48. The number of hydrogen-bond acceptors (Lipinski definition) is 4. The summed E-state index contributed by atoms with van der Waals surface area (Å²) in [6.45, 7) is 2.95. The van der Waals surface area contributed by atoms with Crippen LogP contribution in [0.1, 0.15) is 41.4 Å². The van der Waals surface area contributed by atoms with Crippen LogP contribution < -0.4 is 0 Å². The highest BCUT2D eigenvalue weighted by atomic mass is 16.3. The Labute approximate surface area is 188 Å². The molecule has 0 amide bonds. The zero-order valence-corrected chi connectivity index (χ0v) is 18.2. The first-order valence-electron chi connectivity index (χ1n) is 11.6. The number of phenols is 1. The molecule has 0 atom stereocenters. The number of hydrogen-bond donors (Lipinski definition) is 1. The van der Waals surface area contributed by atoms with Crippen molar-refractivity contribution in [2.75, 3.05) is 13.1 Å². The fraction of sp³-hybridized carbons (Fsp3) is 0.286. The SMILES string of the molecule is Oc1ccc(-c2nc(C3CC3)nc3c2CCN(Cc2cccc4ccccc24)CC3)cc1. The van der Waals surface area contributed by atoms with Crippen LogP contribution in [0.3, 0.4) is 0 Å². The van der Waals surface area contributed by atoms with Gasteiger partial charge in [0.05, 0.1) is 5.69 Å². The molecule has 1 N–H and O–H groups in total. The highest BCUT2D eigenvalue weighted by molar-refractivity contribution is 5.85. The standard InChI is InChI=1S/C28H27N3O/c32-23-12-10-20(11-13-23)27-25-14-16-31(17-15-26(25)29-28(30-27)21-8-9-21)18-22-6-3-5-19-4-1-2-7-24(19)22/h1-7,10-13,21,32H,8-9,14-18H2. The summed E-state index contributed by atoms with van der Waals surface area (Å²) in [6, 6.07) is 22.7. The average Bonchev–Trinajstić information content (AvgIpc) is 3.68. The molecule has 2 aliphatic rings. The lowest BCUT2D eigenvalue weighted by Gasteiger charge is -2.20. The maximum atomic E-state index is 9.75. The molecule has 3 aromatic carbocycles. The fourth-order valence-electron chi connectivity index (χ4n) is 4.88. The van der Waals surface area contributed by atoms with Gasteiger partial charge in [0.2, 0.25) is 0 Å². The van der Waals surface area contributed by atoms with Gasteiger partial charge in [0.25, 0.3) is 0 Å². The second-order valence-electron chi connectivity index (χ2n) is 9.09. The molecule has 6 rings (SSSR count). The number of fused-ring (bicyclic) bond motifs is 2. The van der Waals surface area contributed by atoms with E-state index in [1.54, 1.807) is 12.1 Å². The molecule has 1 aromatic heterocycles. The Morgan fingerprint density at radius 3 is 2.47 bits per heavy atom. The summed E-state index contributed by atoms with van der Waals surface area (Å²) in [5.41, 5.74) is 6.01. The first-order valence-corrected chi connectivity index (χ1v) is 11.6. The van der Waals surface area contributed by atoms with Gasteiger partial charge in [-0.15, -0.1) is 0 Å². The third kappa shape index (κ3) is 3.76. The van der Waals surface area contributed by atoms with Crippen LogP contribution in [0, 0.1) is 0 Å². The summed E-state index contributed by atoms with van der Waals surface area (Å²) in [5.74, 6) is 1.82. The smallest absolute Gasteiger partial charge is 0.132 e. The van der Waals surface area contributed by atoms with E-state index in [0.29, 0.717) is 5.92 Å². The van der Waals surface area contributed by atoms with E-state index in [0.717, 1.165) is 49.6 Å². The molecular weight excluding hydrogens is 394 g/mol. The van der Waals surface area contributed by atoms with Gasteiger partial charge in [-0.3, -0.25) is 4.90 Å². The lowest BCUT2D eigenvalue weighted by molar-refractivity contribution is 0.280. The highest BCUT2D eigenvalue weighted by Crippen LogP contribution is 2.40. The van der Waals surface area contributed by atoms with Gasteiger partial charge in [0, 0.05) is 48.8 Å². The number of rotatable bonds is 4. The largest absolute Gasteiger partial charge is 0.508 e. The molecule has 0 spiro atoms. The number of nitrogens with zero attached hydrogens (tertiary/aromatic N) is 3. The summed E-state index contributed by atoms with van der Waals surface area (Å²) >= 11 is 0. The van der Waals surface area contributed by atoms with E-state index < -0.39 is 0 Å². The normalized spacial score (nSPS) is 16.6. The molecule has 1 fully saturated rings. The van der Waals surface area contributed by atoms with Gasteiger partial charge < -0.3 is 5.11 Å². The first kappa shape index (κ1) is 19.4. The Morgan fingerprint density at radius 2 is 1.62 bits per heavy atom. The molecule has 1 aliphatic carbocycles. The van der Waals surface area contributed by atoms with E-state index in [2.05, 4.69) is 47.4 Å². The van der Waals surface area contributed by atoms with Crippen LogP contribution in [-0.4, -0.2) is 33.1 Å². The van der Waals surface area contributed by atoms with E-state index in [1.807, 2.05) is 12.1 Å². The minimum Gasteiger partial charge on any atom is -0.508 e. The van der Waals surface area contributed by atoms with E-state index in [9.17, 15) is 5.11 Å². The van der Waals surface area contributed by atoms with Crippen LogP contribution in [0.4, 0.5) is 0 Å². The van der Waals surface area contributed by atoms with Crippen molar-refractivity contribution in [1.82, 2.24) is 14.9 Å². The monoisotopic (exact) mass is 421 g/mol. The van der Waals surface area contributed by atoms with E-state index in [1.165, 1.54) is 40.4 Å². The van der Waals surface area contributed by atoms with Crippen LogP contribution in [0.15, 0.2) is 66.7 Å². The van der Waals surface area contributed by atoms with Crippen molar-refractivity contribution >= 4 is 10.8 Å². The summed E-state index contributed by atoms with van der Waals surface area (Å²) in [5, 5.41) is 12.4. The maximum Gasteiger partial charge on any atom is 0.132 e. The number of aromatic nitrogens is 2. The predicted molar refractivity (Wildman–Crippen MR) is 128 cm³/mol. The molecule has 0 bridgehead atoms. The second kappa shape index (κ2) is 8.03. The van der Waals surface area contributed by atoms with Crippen LogP contribution in [0.2, 0.25) is 0 Å². The molecule has 4 aromatic rings. The third-order valence-electron chi connectivity index (χ3n) is 6.81. The van der Waals surface area contributed by atoms with Gasteiger partial charge in [-0.1, -0.05) is 42.5 Å². The summed E-state index contributed by atoms with van der Waals surface area (Å²) in [6.07, 6.45) is 4.29. The summed E-state index contributed by atoms with van der Waals surface area (Å²) < 4.78 is 0. The van der Waals surface area contributed by atoms with Crippen molar-refractivity contribution in [2.24, 2.45) is 0 Å². The van der Waals surface area contributed by atoms with Gasteiger partial charge in [-0.2, -0.15) is 0 Å². The molecule has 32 heavy (non-hydrogen) atoms. The van der Waals surface area contributed by atoms with Crippen molar-refractivity contribution in [2.45, 2.75) is 38.1 Å². The van der Waals surface area contributed by atoms with Crippen molar-refractivity contribution < 1.29 is 5.11 Å². The van der Waals surface area contributed by atoms with Crippen molar-refractivity contribution in [1.29, 1.82) is 0 Å². The average molecular weight is 422 g/mol. The molecule has 1 aliphatic heterocycles. The van der Waals surface area contributed by atoms with E-state index in [-0.39, 0.29) is 5.75 Å². The lowest BCUT2D eigenvalue weighted by atomic mass is 10.0. The zero-order chi connectivity index (χ0) is 21.5. The Balaban J connectivity index is 1.32. The summed E-state index contributed by atoms with van der Waals surface area (Å²) in [4.78, 5) is 12.6. The van der Waals surface area contributed by atoms with Crippen LogP contribution in [-0.2, 0) is 19.4 Å². The fourth-order valence-corrected chi connectivity index (χ4v) is 4.88. The number of phenolic OH excluding ortho intramolecular Hbond substituents is 1. The summed E-state index contributed by atoms with van der Waals surface area (Å²) in [7, 11) is 0. The van der Waals surface area contributed by atoms with Gasteiger partial charge in [0.15, 0.2) is 0 Å². The molecule has 2 heterocycles. The molecule has 0 radical (unpaired) electrons. The van der Waals surface area contributed by atoms with Gasteiger partial charge in [-0.25, -0.2) is 9.97 Å². The van der Waals surface area contributed by atoms with E-state index >= 15 is 0 Å². The molecule has 4 heteroatoms. The number of benzene rings is 3.